The van der Waals surface area contributed by atoms with Crippen LogP contribution in [0.3, 0.4) is 0 Å². The summed E-state index contributed by atoms with van der Waals surface area (Å²) >= 11 is 0. The summed E-state index contributed by atoms with van der Waals surface area (Å²) in [4.78, 5) is 65.2. The Morgan fingerprint density at radius 2 is 1.36 bits per heavy atom. The number of hydrogen-bond donors (Lipinski definition) is 6. The second kappa shape index (κ2) is 21.3. The third-order valence-electron chi connectivity index (χ3n) is 9.55. The maximum Gasteiger partial charge on any atom is 0.335 e. The highest BCUT2D eigenvalue weighted by atomic mass is 32.2. The van der Waals surface area contributed by atoms with Crippen LogP contribution in [0, 0.1) is 17.6 Å². The van der Waals surface area contributed by atoms with Gasteiger partial charge in [0.25, 0.3) is 11.8 Å². The minimum absolute atomic E-state index is 0.0255. The fourth-order valence-electron chi connectivity index (χ4n) is 6.01. The summed E-state index contributed by atoms with van der Waals surface area (Å²) in [5, 5.41) is 31.2. The number of aliphatic hydroxyl groups excluding tert-OH is 1. The van der Waals surface area contributed by atoms with Gasteiger partial charge in [-0.1, -0.05) is 56.3 Å². The molecule has 0 radical (unpaired) electrons. The van der Waals surface area contributed by atoms with E-state index in [4.69, 9.17) is 9.84 Å². The van der Waals surface area contributed by atoms with Crippen molar-refractivity contribution in [1.29, 1.82) is 0 Å². The predicted octanol–water partition coefficient (Wildman–Crippen LogP) is 4.07. The SMILES string of the molecule is CC(C)[C@H](NC(=O)C[C@H](O)[C@H](COCc1cc(F)cc(F)c1)NC(=O)c1cc(C(=O)N[C@H](C)c2ccccc2)cc(N(C)S(C)(=O)=O)c1)C(=O)NCc1ccc(C(=O)O)cc1. The zero-order valence-corrected chi connectivity index (χ0v) is 35.0. The van der Waals surface area contributed by atoms with E-state index < -0.39 is 94.4 Å². The number of sulfonamides is 1. The lowest BCUT2D eigenvalue weighted by Crippen LogP contribution is -2.52. The van der Waals surface area contributed by atoms with E-state index >= 15 is 0 Å². The topological polar surface area (TPSA) is 221 Å². The van der Waals surface area contributed by atoms with E-state index in [1.165, 1.54) is 49.5 Å². The Morgan fingerprint density at radius 3 is 1.92 bits per heavy atom. The number of nitrogens with one attached hydrogen (secondary N) is 4. The van der Waals surface area contributed by atoms with Gasteiger partial charge >= 0.3 is 5.97 Å². The molecule has 326 valence electrons. The van der Waals surface area contributed by atoms with Crippen molar-refractivity contribution in [2.24, 2.45) is 5.92 Å². The Hall–Kier alpha value is -6.24. The summed E-state index contributed by atoms with van der Waals surface area (Å²) in [5.74, 6) is -6.16. The molecule has 0 saturated heterocycles. The number of nitrogens with zero attached hydrogens (tertiary/aromatic N) is 1. The van der Waals surface area contributed by atoms with E-state index in [0.29, 0.717) is 11.6 Å². The zero-order valence-electron chi connectivity index (χ0n) is 34.1. The van der Waals surface area contributed by atoms with Crippen molar-refractivity contribution in [3.63, 3.8) is 0 Å². The maximum absolute atomic E-state index is 13.9. The standard InChI is InChI=1S/C43H49F2N5O10S/c1-25(2)39(42(55)46-22-27-11-13-30(14-12-27)43(56)57)49-38(52)21-37(51)36(24-60-23-28-15-33(44)20-34(45)16-28)48-41(54)32-17-31(18-35(19-32)50(4)61(5,58)59)40(53)47-26(3)29-9-7-6-8-10-29/h6-20,25-26,36-37,39,51H,21-24H2,1-5H3,(H,46,55)(H,47,53)(H,48,54)(H,49,52)(H,56,57)/t26-,36+,37+,39+/m1/s1. The molecule has 4 atom stereocenters. The smallest absolute Gasteiger partial charge is 0.335 e. The summed E-state index contributed by atoms with van der Waals surface area (Å²) in [6.07, 6.45) is -1.42. The largest absolute Gasteiger partial charge is 0.478 e. The fraction of sp³-hybridized carbons (Fsp3) is 0.326. The number of carboxylic acids is 1. The lowest BCUT2D eigenvalue weighted by Gasteiger charge is -2.26. The highest BCUT2D eigenvalue weighted by Crippen LogP contribution is 2.23. The molecule has 4 aromatic carbocycles. The molecule has 4 amide bonds. The van der Waals surface area contributed by atoms with E-state index in [1.807, 2.05) is 6.07 Å². The van der Waals surface area contributed by atoms with Crippen LogP contribution in [0.5, 0.6) is 0 Å². The summed E-state index contributed by atoms with van der Waals surface area (Å²) in [6.45, 7) is 4.26. The molecule has 61 heavy (non-hydrogen) atoms. The highest BCUT2D eigenvalue weighted by Gasteiger charge is 2.30. The minimum Gasteiger partial charge on any atom is -0.478 e. The number of carboxylic acid groups (broad SMARTS) is 1. The van der Waals surface area contributed by atoms with Crippen molar-refractivity contribution in [2.45, 2.75) is 64.6 Å². The van der Waals surface area contributed by atoms with Crippen LogP contribution in [0.25, 0.3) is 0 Å². The van der Waals surface area contributed by atoms with Crippen LogP contribution in [0.4, 0.5) is 14.5 Å². The average Bonchev–Trinajstić information content (AvgIpc) is 3.20. The second-order valence-corrected chi connectivity index (χ2v) is 16.8. The lowest BCUT2D eigenvalue weighted by atomic mass is 10.0. The third-order valence-corrected chi connectivity index (χ3v) is 10.8. The third kappa shape index (κ3) is 14.2. The molecule has 18 heteroatoms. The number of hydrogen-bond acceptors (Lipinski definition) is 9. The highest BCUT2D eigenvalue weighted by molar-refractivity contribution is 7.92. The van der Waals surface area contributed by atoms with Crippen molar-refractivity contribution < 1.29 is 56.1 Å². The molecular weight excluding hydrogens is 817 g/mol. The Kier molecular flexibility index (Phi) is 16.6. The molecule has 4 aromatic rings. The van der Waals surface area contributed by atoms with Crippen molar-refractivity contribution in [1.82, 2.24) is 21.3 Å². The molecule has 4 rings (SSSR count). The fourth-order valence-corrected chi connectivity index (χ4v) is 6.50. The molecule has 0 bridgehead atoms. The molecule has 0 unspecified atom stereocenters. The van der Waals surface area contributed by atoms with E-state index in [9.17, 15) is 46.3 Å². The monoisotopic (exact) mass is 865 g/mol. The molecule has 0 fully saturated rings. The predicted molar refractivity (Wildman–Crippen MR) is 222 cm³/mol. The van der Waals surface area contributed by atoms with Crippen LogP contribution in [0.15, 0.2) is 91.0 Å². The van der Waals surface area contributed by atoms with Gasteiger partial charge in [0.15, 0.2) is 0 Å². The molecule has 0 aromatic heterocycles. The summed E-state index contributed by atoms with van der Waals surface area (Å²) in [5.41, 5.74) is 1.23. The number of amides is 4. The first-order chi connectivity index (χ1) is 28.7. The van der Waals surface area contributed by atoms with Crippen LogP contribution in [-0.2, 0) is 37.5 Å². The number of aliphatic hydroxyl groups is 1. The molecule has 0 saturated carbocycles. The van der Waals surface area contributed by atoms with Crippen molar-refractivity contribution >= 4 is 45.3 Å². The van der Waals surface area contributed by atoms with E-state index in [0.717, 1.165) is 28.3 Å². The van der Waals surface area contributed by atoms with E-state index in [2.05, 4.69) is 21.3 Å². The number of benzene rings is 4. The molecular formula is C43H49F2N5O10S. The molecule has 6 N–H and O–H groups in total. The van der Waals surface area contributed by atoms with Gasteiger partial charge in [0.2, 0.25) is 21.8 Å². The van der Waals surface area contributed by atoms with Gasteiger partial charge in [0, 0.05) is 30.8 Å². The number of halogens is 2. The van der Waals surface area contributed by atoms with Gasteiger partial charge in [0.05, 0.1) is 55.3 Å². The van der Waals surface area contributed by atoms with E-state index in [-0.39, 0.29) is 41.1 Å². The van der Waals surface area contributed by atoms with Crippen LogP contribution >= 0.6 is 0 Å². The van der Waals surface area contributed by atoms with Gasteiger partial charge in [-0.25, -0.2) is 22.0 Å². The van der Waals surface area contributed by atoms with Crippen molar-refractivity contribution in [2.75, 3.05) is 24.2 Å². The summed E-state index contributed by atoms with van der Waals surface area (Å²) in [7, 11) is -2.65. The Balaban J connectivity index is 1.55. The number of anilines is 1. The number of aromatic carboxylic acids is 1. The van der Waals surface area contributed by atoms with Crippen LogP contribution in [-0.4, -0.2) is 86.3 Å². The second-order valence-electron chi connectivity index (χ2n) is 14.8. The van der Waals surface area contributed by atoms with Crippen LogP contribution in [0.1, 0.15) is 81.0 Å². The van der Waals surface area contributed by atoms with Crippen LogP contribution < -0.4 is 25.6 Å². The number of rotatable bonds is 20. The maximum atomic E-state index is 13.9. The van der Waals surface area contributed by atoms with Crippen LogP contribution in [0.2, 0.25) is 0 Å². The first kappa shape index (κ1) is 47.4. The number of carbonyl (C=O) groups is 5. The average molecular weight is 866 g/mol. The molecule has 0 heterocycles. The first-order valence-electron chi connectivity index (χ1n) is 19.1. The van der Waals surface area contributed by atoms with Gasteiger partial charge in [-0.3, -0.25) is 23.5 Å². The Bertz CT molecular complexity index is 2290. The lowest BCUT2D eigenvalue weighted by molar-refractivity contribution is -0.131. The van der Waals surface area contributed by atoms with Gasteiger partial charge in [0.1, 0.15) is 17.7 Å². The molecule has 0 aliphatic rings. The zero-order chi connectivity index (χ0) is 45.0. The van der Waals surface area contributed by atoms with Gasteiger partial charge in [-0.05, 0) is 72.0 Å². The normalized spacial score (nSPS) is 13.3. The van der Waals surface area contributed by atoms with Gasteiger partial charge < -0.3 is 36.2 Å². The first-order valence-corrected chi connectivity index (χ1v) is 20.9. The molecule has 0 spiro atoms. The minimum atomic E-state index is -3.88. The molecule has 0 aliphatic carbocycles. The number of carbonyl (C=O) groups excluding carboxylic acids is 4. The Labute approximate surface area is 352 Å². The summed E-state index contributed by atoms with van der Waals surface area (Å²) in [6, 6.07) is 18.4. The van der Waals surface area contributed by atoms with Gasteiger partial charge in [-0.15, -0.1) is 0 Å². The quantitative estimate of drug-likeness (QED) is 0.0748. The van der Waals surface area contributed by atoms with E-state index in [1.54, 1.807) is 45.0 Å². The Morgan fingerprint density at radius 1 is 0.770 bits per heavy atom. The molecule has 0 aliphatic heterocycles. The van der Waals surface area contributed by atoms with Crippen molar-refractivity contribution in [3.8, 4) is 0 Å². The van der Waals surface area contributed by atoms with Crippen molar-refractivity contribution in [3.05, 3.63) is 136 Å². The van der Waals surface area contributed by atoms with Gasteiger partial charge in [-0.2, -0.15) is 0 Å². The summed E-state index contributed by atoms with van der Waals surface area (Å²) < 4.78 is 59.4. The molecule has 15 nitrogen and oxygen atoms in total. The number of ether oxygens (including phenoxy) is 1.